The molecule has 1 saturated heterocycles. The van der Waals surface area contributed by atoms with Crippen LogP contribution in [0, 0.1) is 5.92 Å². The molecule has 1 N–H and O–H groups in total. The van der Waals surface area contributed by atoms with E-state index in [1.54, 1.807) is 0 Å². The summed E-state index contributed by atoms with van der Waals surface area (Å²) < 4.78 is 0. The third-order valence-electron chi connectivity index (χ3n) is 2.69. The molecule has 62 valence electrons. The van der Waals surface area contributed by atoms with Crippen molar-refractivity contribution in [3.8, 4) is 0 Å². The molecule has 2 aliphatic rings. The van der Waals surface area contributed by atoms with Crippen LogP contribution in [0.3, 0.4) is 0 Å². The van der Waals surface area contributed by atoms with Gasteiger partial charge in [0.15, 0.2) is 0 Å². The van der Waals surface area contributed by atoms with Crippen molar-refractivity contribution in [2.75, 3.05) is 6.67 Å². The number of nitrogens with zero attached hydrogens (tertiary/aromatic N) is 1. The highest BCUT2D eigenvalue weighted by molar-refractivity contribution is 5.83. The zero-order valence-corrected chi connectivity index (χ0v) is 7.00. The van der Waals surface area contributed by atoms with Gasteiger partial charge in [-0.05, 0) is 19.3 Å². The van der Waals surface area contributed by atoms with Gasteiger partial charge in [0.1, 0.15) is 0 Å². The first-order chi connectivity index (χ1) is 5.20. The number of nitrogens with one attached hydrogen (secondary N) is 1. The van der Waals surface area contributed by atoms with E-state index in [9.17, 15) is 4.79 Å². The van der Waals surface area contributed by atoms with Crippen LogP contribution in [0.1, 0.15) is 20.3 Å². The van der Waals surface area contributed by atoms with E-state index in [4.69, 9.17) is 0 Å². The van der Waals surface area contributed by atoms with Gasteiger partial charge >= 0.3 is 0 Å². The minimum atomic E-state index is 0.0443. The second-order valence-electron chi connectivity index (χ2n) is 3.67. The van der Waals surface area contributed by atoms with Crippen molar-refractivity contribution >= 4 is 5.91 Å². The molecule has 0 spiro atoms. The summed E-state index contributed by atoms with van der Waals surface area (Å²) in [7, 11) is 0. The number of rotatable bonds is 1. The SMILES string of the molecule is CC1NCN(C2CC2C)C1=O. The number of carbonyl (C=O) groups excluding carboxylic acids is 1. The summed E-state index contributed by atoms with van der Waals surface area (Å²) in [4.78, 5) is 13.4. The first kappa shape index (κ1) is 7.10. The molecule has 1 aliphatic heterocycles. The summed E-state index contributed by atoms with van der Waals surface area (Å²) in [5.41, 5.74) is 0. The van der Waals surface area contributed by atoms with Gasteiger partial charge in [-0.2, -0.15) is 0 Å². The Morgan fingerprint density at radius 3 is 2.55 bits per heavy atom. The first-order valence-electron chi connectivity index (χ1n) is 4.24. The first-order valence-corrected chi connectivity index (χ1v) is 4.24. The molecule has 1 amide bonds. The predicted octanol–water partition coefficient (Wildman–Crippen LogP) is 0.173. The average Bonchev–Trinajstić information content (AvgIpc) is 2.58. The molecule has 1 saturated carbocycles. The summed E-state index contributed by atoms with van der Waals surface area (Å²) in [6.45, 7) is 4.88. The molecular formula is C8H14N2O. The summed E-state index contributed by atoms with van der Waals surface area (Å²) >= 11 is 0. The minimum absolute atomic E-state index is 0.0443. The molecule has 0 bridgehead atoms. The lowest BCUT2D eigenvalue weighted by Crippen LogP contribution is -2.31. The molecular weight excluding hydrogens is 140 g/mol. The van der Waals surface area contributed by atoms with E-state index in [1.165, 1.54) is 6.42 Å². The largest absolute Gasteiger partial charge is 0.325 e. The molecule has 3 nitrogen and oxygen atoms in total. The van der Waals surface area contributed by atoms with Gasteiger partial charge in [0, 0.05) is 6.04 Å². The summed E-state index contributed by atoms with van der Waals surface area (Å²) in [5.74, 6) is 1.00. The molecule has 1 heterocycles. The summed E-state index contributed by atoms with van der Waals surface area (Å²) in [6.07, 6.45) is 1.19. The Morgan fingerprint density at radius 2 is 2.18 bits per heavy atom. The zero-order valence-electron chi connectivity index (χ0n) is 7.00. The van der Waals surface area contributed by atoms with E-state index in [-0.39, 0.29) is 11.9 Å². The number of carbonyl (C=O) groups is 1. The fraction of sp³-hybridized carbons (Fsp3) is 0.875. The smallest absolute Gasteiger partial charge is 0.240 e. The van der Waals surface area contributed by atoms with Crippen LogP contribution in [0.4, 0.5) is 0 Å². The van der Waals surface area contributed by atoms with Crippen molar-refractivity contribution in [2.45, 2.75) is 32.4 Å². The average molecular weight is 154 g/mol. The zero-order chi connectivity index (χ0) is 8.01. The van der Waals surface area contributed by atoms with Crippen LogP contribution in [0.25, 0.3) is 0 Å². The molecule has 0 aromatic rings. The highest BCUT2D eigenvalue weighted by Gasteiger charge is 2.43. The maximum Gasteiger partial charge on any atom is 0.240 e. The fourth-order valence-corrected chi connectivity index (χ4v) is 1.67. The monoisotopic (exact) mass is 154 g/mol. The van der Waals surface area contributed by atoms with Gasteiger partial charge in [-0.25, -0.2) is 0 Å². The maximum atomic E-state index is 11.4. The van der Waals surface area contributed by atoms with E-state index in [0.29, 0.717) is 6.04 Å². The Balaban J connectivity index is 2.01. The molecule has 2 fully saturated rings. The van der Waals surface area contributed by atoms with Crippen molar-refractivity contribution in [2.24, 2.45) is 5.92 Å². The quantitative estimate of drug-likeness (QED) is 0.584. The summed E-state index contributed by atoms with van der Waals surface area (Å²) in [6, 6.07) is 0.586. The highest BCUT2D eigenvalue weighted by atomic mass is 16.2. The second-order valence-corrected chi connectivity index (χ2v) is 3.67. The van der Waals surface area contributed by atoms with Crippen LogP contribution >= 0.6 is 0 Å². The molecule has 3 atom stereocenters. The molecule has 3 unspecified atom stereocenters. The van der Waals surface area contributed by atoms with Crippen molar-refractivity contribution in [1.29, 1.82) is 0 Å². The second kappa shape index (κ2) is 2.21. The number of hydrogen-bond donors (Lipinski definition) is 1. The molecule has 0 radical (unpaired) electrons. The van der Waals surface area contributed by atoms with Crippen LogP contribution in [-0.4, -0.2) is 29.6 Å². The van der Waals surface area contributed by atoms with E-state index in [2.05, 4.69) is 12.2 Å². The van der Waals surface area contributed by atoms with Gasteiger partial charge in [-0.3, -0.25) is 10.1 Å². The van der Waals surface area contributed by atoms with Crippen LogP contribution < -0.4 is 5.32 Å². The Labute approximate surface area is 66.8 Å². The lowest BCUT2D eigenvalue weighted by molar-refractivity contribution is -0.129. The predicted molar refractivity (Wildman–Crippen MR) is 41.9 cm³/mol. The molecule has 11 heavy (non-hydrogen) atoms. The van der Waals surface area contributed by atoms with E-state index < -0.39 is 0 Å². The van der Waals surface area contributed by atoms with Crippen molar-refractivity contribution in [3.05, 3.63) is 0 Å². The molecule has 0 aromatic carbocycles. The van der Waals surface area contributed by atoms with Crippen LogP contribution in [0.2, 0.25) is 0 Å². The van der Waals surface area contributed by atoms with E-state index in [1.807, 2.05) is 11.8 Å². The minimum Gasteiger partial charge on any atom is -0.325 e. The van der Waals surface area contributed by atoms with Gasteiger partial charge < -0.3 is 4.90 Å². The van der Waals surface area contributed by atoms with Crippen LogP contribution in [-0.2, 0) is 4.79 Å². The Hall–Kier alpha value is -0.570. The fourth-order valence-electron chi connectivity index (χ4n) is 1.67. The van der Waals surface area contributed by atoms with Crippen LogP contribution in [0.15, 0.2) is 0 Å². The standard InChI is InChI=1S/C8H14N2O/c1-5-3-7(5)10-4-9-6(2)8(10)11/h5-7,9H,3-4H2,1-2H3. The third kappa shape index (κ3) is 1.03. The molecule has 2 rings (SSSR count). The van der Waals surface area contributed by atoms with Crippen molar-refractivity contribution in [1.82, 2.24) is 10.2 Å². The molecule has 0 aromatic heterocycles. The van der Waals surface area contributed by atoms with Gasteiger partial charge in [-0.15, -0.1) is 0 Å². The van der Waals surface area contributed by atoms with Crippen LogP contribution in [0.5, 0.6) is 0 Å². The van der Waals surface area contributed by atoms with Crippen molar-refractivity contribution in [3.63, 3.8) is 0 Å². The topological polar surface area (TPSA) is 32.3 Å². The van der Waals surface area contributed by atoms with Gasteiger partial charge in [0.25, 0.3) is 0 Å². The molecule has 1 aliphatic carbocycles. The number of hydrogen-bond acceptors (Lipinski definition) is 2. The van der Waals surface area contributed by atoms with Gasteiger partial charge in [0.2, 0.25) is 5.91 Å². The van der Waals surface area contributed by atoms with Gasteiger partial charge in [-0.1, -0.05) is 6.92 Å². The Bertz CT molecular complexity index is 193. The van der Waals surface area contributed by atoms with Gasteiger partial charge in [0.05, 0.1) is 12.7 Å². The number of amides is 1. The Kier molecular flexibility index (Phi) is 1.42. The third-order valence-corrected chi connectivity index (χ3v) is 2.69. The Morgan fingerprint density at radius 1 is 1.55 bits per heavy atom. The normalized spacial score (nSPS) is 43.3. The summed E-state index contributed by atoms with van der Waals surface area (Å²) in [5, 5.41) is 3.14. The maximum absolute atomic E-state index is 11.4. The van der Waals surface area contributed by atoms with Crippen molar-refractivity contribution < 1.29 is 4.79 Å². The lowest BCUT2D eigenvalue weighted by Gasteiger charge is -2.13. The van der Waals surface area contributed by atoms with E-state index >= 15 is 0 Å². The highest BCUT2D eigenvalue weighted by Crippen LogP contribution is 2.35. The molecule has 3 heteroatoms. The lowest BCUT2D eigenvalue weighted by atomic mass is 10.3. The van der Waals surface area contributed by atoms with E-state index in [0.717, 1.165) is 12.6 Å².